The lowest BCUT2D eigenvalue weighted by atomic mass is 10.1. The normalized spacial score (nSPS) is 12.8. The number of amides is 1. The van der Waals surface area contributed by atoms with Crippen molar-refractivity contribution in [1.29, 1.82) is 0 Å². The molecule has 2 aromatic carbocycles. The van der Waals surface area contributed by atoms with Crippen molar-refractivity contribution in [2.45, 2.75) is 0 Å². The van der Waals surface area contributed by atoms with Crippen LogP contribution in [0.3, 0.4) is 0 Å². The molecule has 1 heterocycles. The highest BCUT2D eigenvalue weighted by Crippen LogP contribution is 2.38. The minimum atomic E-state index is -0.235. The van der Waals surface area contributed by atoms with E-state index in [1.54, 1.807) is 24.3 Å². The number of hydrogen-bond acceptors (Lipinski definition) is 4. The summed E-state index contributed by atoms with van der Waals surface area (Å²) in [6, 6.07) is 10.7. The minimum absolute atomic E-state index is 0.0611. The molecule has 0 atom stereocenters. The maximum absolute atomic E-state index is 12.3. The monoisotopic (exact) mass is 285 g/mol. The number of nitrogens with one attached hydrogen (secondary N) is 1. The first kappa shape index (κ1) is 12.1. The summed E-state index contributed by atoms with van der Waals surface area (Å²) in [5, 5.41) is 2.79. The molecule has 1 N–H and O–H groups in total. The lowest BCUT2D eigenvalue weighted by Gasteiger charge is -2.13. The van der Waals surface area contributed by atoms with Gasteiger partial charge < -0.3 is 19.7 Å². The first-order valence-electron chi connectivity index (χ1n) is 7.04. The number of para-hydroxylation sites is 1. The van der Waals surface area contributed by atoms with Gasteiger partial charge in [0.05, 0.1) is 7.06 Å². The van der Waals surface area contributed by atoms with Gasteiger partial charge in [-0.15, -0.1) is 0 Å². The Morgan fingerprint density at radius 2 is 2.00 bits per heavy atom. The highest BCUT2D eigenvalue weighted by molar-refractivity contribution is 6.05. The molecule has 0 aromatic heterocycles. The van der Waals surface area contributed by atoms with E-state index in [-0.39, 0.29) is 18.7 Å². The lowest BCUT2D eigenvalue weighted by molar-refractivity contribution is 0.102. The van der Waals surface area contributed by atoms with Gasteiger partial charge in [0, 0.05) is 25.3 Å². The van der Waals surface area contributed by atoms with Crippen molar-refractivity contribution >= 4 is 17.3 Å². The quantitative estimate of drug-likeness (QED) is 0.942. The summed E-state index contributed by atoms with van der Waals surface area (Å²) in [5.74, 6) is 0.534. The van der Waals surface area contributed by atoms with Crippen LogP contribution in [-0.4, -0.2) is 26.8 Å². The van der Waals surface area contributed by atoms with Crippen LogP contribution in [0.5, 0.6) is 11.5 Å². The highest BCUT2D eigenvalue weighted by Gasteiger charge is 2.19. The van der Waals surface area contributed by atoms with Crippen molar-refractivity contribution in [2.24, 2.45) is 0 Å². The van der Waals surface area contributed by atoms with Gasteiger partial charge in [0.1, 0.15) is 0 Å². The summed E-state index contributed by atoms with van der Waals surface area (Å²) in [5.41, 5.74) is 2.08. The molecule has 0 bridgehead atoms. The molecule has 5 heteroatoms. The minimum Gasteiger partial charge on any atom is -0.454 e. The zero-order valence-corrected chi connectivity index (χ0v) is 11.8. The summed E-state index contributed by atoms with van der Waals surface area (Å²) in [6.07, 6.45) is 0. The number of rotatable bonds is 3. The van der Waals surface area contributed by atoms with Crippen LogP contribution in [0.25, 0.3) is 0 Å². The van der Waals surface area contributed by atoms with Gasteiger partial charge in [-0.1, -0.05) is 6.07 Å². The topological polar surface area (TPSA) is 50.8 Å². The first-order valence-corrected chi connectivity index (χ1v) is 6.54. The molecular formula is C16H16N2O3. The molecule has 0 spiro atoms. The molecular weight excluding hydrogens is 268 g/mol. The number of nitrogens with zero attached hydrogens (tertiary/aromatic N) is 1. The van der Waals surface area contributed by atoms with Crippen LogP contribution in [0.1, 0.15) is 11.7 Å². The van der Waals surface area contributed by atoms with Crippen molar-refractivity contribution in [3.05, 3.63) is 48.0 Å². The Balaban J connectivity index is 1.82. The molecule has 0 radical (unpaired) electrons. The molecule has 5 nitrogen and oxygen atoms in total. The molecule has 3 rings (SSSR count). The van der Waals surface area contributed by atoms with Gasteiger partial charge in [0.15, 0.2) is 11.5 Å². The van der Waals surface area contributed by atoms with Crippen molar-refractivity contribution in [3.63, 3.8) is 0 Å². The van der Waals surface area contributed by atoms with Gasteiger partial charge in [-0.3, -0.25) is 4.79 Å². The molecule has 0 aliphatic carbocycles. The molecule has 1 amide bonds. The smallest absolute Gasteiger partial charge is 0.255 e. The summed E-state index contributed by atoms with van der Waals surface area (Å²) >= 11 is 0. The molecule has 108 valence electrons. The Morgan fingerprint density at radius 3 is 2.71 bits per heavy atom. The van der Waals surface area contributed by atoms with Crippen LogP contribution >= 0.6 is 0 Å². The number of carbonyl (C=O) groups is 1. The fourth-order valence-corrected chi connectivity index (χ4v) is 2.07. The molecule has 0 unspecified atom stereocenters. The number of carbonyl (C=O) groups excluding carboxylic acids is 1. The predicted octanol–water partition coefficient (Wildman–Crippen LogP) is 2.73. The van der Waals surface area contributed by atoms with Crippen LogP contribution in [0.15, 0.2) is 42.4 Å². The standard InChI is InChI=1S/C16H16N2O3/c1-18(2)12-8-6-11(7-9-12)16(19)17-13-4-3-5-14-15(13)21-10-20-14/h3-9H,10H2,1-2H3,(H,17,19)/i5D. The Hall–Kier alpha value is -2.69. The Labute approximate surface area is 124 Å². The van der Waals surface area contributed by atoms with Crippen LogP contribution in [-0.2, 0) is 0 Å². The molecule has 0 fully saturated rings. The van der Waals surface area contributed by atoms with E-state index >= 15 is 0 Å². The third-order valence-corrected chi connectivity index (χ3v) is 3.22. The largest absolute Gasteiger partial charge is 0.454 e. The second-order valence-electron chi connectivity index (χ2n) is 4.85. The summed E-state index contributed by atoms with van der Waals surface area (Å²) < 4.78 is 18.3. The van der Waals surface area contributed by atoms with E-state index in [0.29, 0.717) is 22.7 Å². The maximum atomic E-state index is 12.3. The number of hydrogen-bond donors (Lipinski definition) is 1. The Kier molecular flexibility index (Phi) is 3.08. The molecule has 21 heavy (non-hydrogen) atoms. The van der Waals surface area contributed by atoms with Crippen LogP contribution in [0, 0.1) is 0 Å². The number of fused-ring (bicyclic) bond motifs is 1. The van der Waals surface area contributed by atoms with E-state index in [0.717, 1.165) is 5.69 Å². The van der Waals surface area contributed by atoms with E-state index in [1.165, 1.54) is 0 Å². The van der Waals surface area contributed by atoms with Gasteiger partial charge in [0.2, 0.25) is 6.79 Å². The fourth-order valence-electron chi connectivity index (χ4n) is 2.07. The average Bonchev–Trinajstić information content (AvgIpc) is 3.01. The lowest BCUT2D eigenvalue weighted by Crippen LogP contribution is -2.13. The van der Waals surface area contributed by atoms with Crippen molar-refractivity contribution in [3.8, 4) is 11.5 Å². The van der Waals surface area contributed by atoms with Crippen LogP contribution < -0.4 is 19.7 Å². The summed E-state index contributed by atoms with van der Waals surface area (Å²) in [6.45, 7) is 0.0611. The number of ether oxygens (including phenoxy) is 2. The van der Waals surface area contributed by atoms with E-state index in [4.69, 9.17) is 10.8 Å². The summed E-state index contributed by atoms with van der Waals surface area (Å²) in [4.78, 5) is 14.3. The highest BCUT2D eigenvalue weighted by atomic mass is 16.7. The molecule has 2 aromatic rings. The second-order valence-corrected chi connectivity index (χ2v) is 4.85. The second kappa shape index (κ2) is 5.36. The molecule has 1 aliphatic heterocycles. The van der Waals surface area contributed by atoms with Gasteiger partial charge in [-0.25, -0.2) is 0 Å². The van der Waals surface area contributed by atoms with Crippen molar-refractivity contribution < 1.29 is 15.6 Å². The molecule has 0 saturated carbocycles. The number of benzene rings is 2. The van der Waals surface area contributed by atoms with E-state index < -0.39 is 0 Å². The predicted molar refractivity (Wildman–Crippen MR) is 81.3 cm³/mol. The SMILES string of the molecule is [2H]c1ccc(NC(=O)c2ccc(N(C)C)cc2)c2c1OCO2. The van der Waals surface area contributed by atoms with Crippen molar-refractivity contribution in [2.75, 3.05) is 31.1 Å². The van der Waals surface area contributed by atoms with Gasteiger partial charge >= 0.3 is 0 Å². The summed E-state index contributed by atoms with van der Waals surface area (Å²) in [7, 11) is 3.89. The zero-order chi connectivity index (χ0) is 15.7. The van der Waals surface area contributed by atoms with Gasteiger partial charge in [-0.05, 0) is 36.4 Å². The van der Waals surface area contributed by atoms with E-state index in [9.17, 15) is 4.79 Å². The van der Waals surface area contributed by atoms with Crippen LogP contribution in [0.4, 0.5) is 11.4 Å². The Morgan fingerprint density at radius 1 is 1.24 bits per heavy atom. The molecule has 0 saturated heterocycles. The third kappa shape index (κ3) is 2.63. The fraction of sp³-hybridized carbons (Fsp3) is 0.188. The van der Waals surface area contributed by atoms with Gasteiger partial charge in [-0.2, -0.15) is 0 Å². The average molecular weight is 285 g/mol. The Bertz CT molecular complexity index is 714. The third-order valence-electron chi connectivity index (χ3n) is 3.22. The van der Waals surface area contributed by atoms with E-state index in [2.05, 4.69) is 5.32 Å². The van der Waals surface area contributed by atoms with E-state index in [1.807, 2.05) is 31.1 Å². The number of anilines is 2. The first-order chi connectivity index (χ1) is 10.6. The maximum Gasteiger partial charge on any atom is 0.255 e. The molecule has 1 aliphatic rings. The zero-order valence-electron chi connectivity index (χ0n) is 12.8. The van der Waals surface area contributed by atoms with Crippen LogP contribution in [0.2, 0.25) is 0 Å². The van der Waals surface area contributed by atoms with Gasteiger partial charge in [0.25, 0.3) is 5.91 Å². The van der Waals surface area contributed by atoms with Crippen molar-refractivity contribution in [1.82, 2.24) is 0 Å².